The van der Waals surface area contributed by atoms with Gasteiger partial charge in [0.25, 0.3) is 5.91 Å². The number of hydrogen-bond acceptors (Lipinski definition) is 6. The molecule has 9 nitrogen and oxygen atoms in total. The van der Waals surface area contributed by atoms with Crippen LogP contribution in [-0.4, -0.2) is 64.2 Å². The van der Waals surface area contributed by atoms with E-state index in [4.69, 9.17) is 4.74 Å². The number of carbonyl (C=O) groups excluding carboxylic acids is 4. The minimum Gasteiger partial charge on any atom is -0.434 e. The van der Waals surface area contributed by atoms with Gasteiger partial charge in [-0.15, -0.1) is 0 Å². The van der Waals surface area contributed by atoms with Gasteiger partial charge < -0.3 is 25.4 Å². The number of fused-ring (bicyclic) bond motifs is 2. The van der Waals surface area contributed by atoms with Crippen LogP contribution in [0.4, 0.5) is 0 Å². The van der Waals surface area contributed by atoms with Gasteiger partial charge in [0.1, 0.15) is 18.1 Å². The van der Waals surface area contributed by atoms with E-state index in [2.05, 4.69) is 10.6 Å². The van der Waals surface area contributed by atoms with Gasteiger partial charge in [-0.25, -0.2) is 0 Å². The predicted molar refractivity (Wildman–Crippen MR) is 131 cm³/mol. The van der Waals surface area contributed by atoms with Crippen molar-refractivity contribution < 1.29 is 29.0 Å². The Bertz CT molecular complexity index is 1180. The maximum absolute atomic E-state index is 13.8. The molecule has 3 saturated heterocycles. The molecule has 5 rings (SSSR count). The first-order chi connectivity index (χ1) is 17.4. The second-order valence-electron chi connectivity index (χ2n) is 9.92. The van der Waals surface area contributed by atoms with Gasteiger partial charge in [0.2, 0.25) is 18.1 Å². The van der Waals surface area contributed by atoms with Crippen LogP contribution >= 0.6 is 0 Å². The molecular weight excluding hydrogens is 462 g/mol. The molecule has 0 aromatic heterocycles. The summed E-state index contributed by atoms with van der Waals surface area (Å²) in [5, 5.41) is 17.5. The molecule has 0 aliphatic carbocycles. The van der Waals surface area contributed by atoms with Crippen LogP contribution in [-0.2, 0) is 19.1 Å². The molecule has 0 spiro atoms. The molecule has 3 fully saturated rings. The summed E-state index contributed by atoms with van der Waals surface area (Å²) < 4.78 is 4.73. The number of esters is 1. The lowest BCUT2D eigenvalue weighted by Gasteiger charge is -2.44. The van der Waals surface area contributed by atoms with Crippen LogP contribution in [0.5, 0.6) is 0 Å². The quantitative estimate of drug-likeness (QED) is 0.560. The molecule has 0 saturated carbocycles. The first-order valence-corrected chi connectivity index (χ1v) is 12.7. The van der Waals surface area contributed by atoms with Crippen LogP contribution in [0.2, 0.25) is 0 Å². The topological polar surface area (TPSA) is 125 Å². The number of hydrogen-bond donors (Lipinski definition) is 3. The van der Waals surface area contributed by atoms with Crippen LogP contribution in [0.1, 0.15) is 61.7 Å². The number of nitrogens with one attached hydrogen (secondary N) is 2. The summed E-state index contributed by atoms with van der Waals surface area (Å²) >= 11 is 0. The van der Waals surface area contributed by atoms with Crippen molar-refractivity contribution in [1.29, 1.82) is 0 Å². The molecule has 3 aliphatic rings. The average Bonchev–Trinajstić information content (AvgIpc) is 3.19. The number of aliphatic hydroxyl groups excluding tert-OH is 1. The van der Waals surface area contributed by atoms with Crippen LogP contribution in [0.3, 0.4) is 0 Å². The highest BCUT2D eigenvalue weighted by molar-refractivity contribution is 6.01. The highest BCUT2D eigenvalue weighted by Crippen LogP contribution is 2.30. The van der Waals surface area contributed by atoms with Gasteiger partial charge in [-0.2, -0.15) is 0 Å². The summed E-state index contributed by atoms with van der Waals surface area (Å²) in [6.45, 7) is 0. The maximum Gasteiger partial charge on any atom is 0.310 e. The van der Waals surface area contributed by atoms with E-state index in [9.17, 15) is 24.3 Å². The summed E-state index contributed by atoms with van der Waals surface area (Å²) in [6, 6.07) is 10.8. The fourth-order valence-electron chi connectivity index (χ4n) is 5.64. The van der Waals surface area contributed by atoms with Crippen LogP contribution in [0.25, 0.3) is 10.8 Å². The Kier molecular flexibility index (Phi) is 6.91. The molecule has 3 amide bonds. The number of piperidine rings is 1. The minimum absolute atomic E-state index is 0.0891. The van der Waals surface area contributed by atoms with E-state index in [1.54, 1.807) is 11.0 Å². The lowest BCUT2D eigenvalue weighted by atomic mass is 9.88. The fraction of sp³-hybridized carbons (Fsp3) is 0.481. The fourth-order valence-corrected chi connectivity index (χ4v) is 5.64. The van der Waals surface area contributed by atoms with Crippen LogP contribution in [0, 0.1) is 0 Å². The molecule has 5 atom stereocenters. The second-order valence-corrected chi connectivity index (χ2v) is 9.92. The number of cyclic esters (lactones) is 1. The standard InChI is InChI=1S/C27H31N3O6/c31-23-15-21(27(35)36-23)29-25(33)22-11-5-9-19-8-3-4-10-20(26(34)30(19)22)28-24(32)18-13-12-16-6-1-2-7-17(16)14-18/h1-2,6-7,12-14,19-22,27,35H,3-5,8-11,15H2,(H,28,32)(H,29,33)/t19-,20-,21?,22-,27?/m0/s1. The predicted octanol–water partition coefficient (Wildman–Crippen LogP) is 2.01. The molecule has 2 unspecified atom stereocenters. The zero-order chi connectivity index (χ0) is 25.2. The third-order valence-corrected chi connectivity index (χ3v) is 7.51. The summed E-state index contributed by atoms with van der Waals surface area (Å²) in [4.78, 5) is 53.3. The zero-order valence-electron chi connectivity index (χ0n) is 20.0. The van der Waals surface area contributed by atoms with E-state index in [-0.39, 0.29) is 24.3 Å². The smallest absolute Gasteiger partial charge is 0.310 e. The normalized spacial score (nSPS) is 28.6. The average molecular weight is 494 g/mol. The number of amides is 3. The monoisotopic (exact) mass is 493 g/mol. The van der Waals surface area contributed by atoms with Crippen molar-refractivity contribution in [2.45, 2.75) is 81.8 Å². The highest BCUT2D eigenvalue weighted by atomic mass is 16.6. The summed E-state index contributed by atoms with van der Waals surface area (Å²) in [5.41, 5.74) is 0.480. The molecule has 0 radical (unpaired) electrons. The van der Waals surface area contributed by atoms with Crippen molar-refractivity contribution in [3.05, 3.63) is 48.0 Å². The Morgan fingerprint density at radius 3 is 2.44 bits per heavy atom. The first kappa shape index (κ1) is 24.2. The summed E-state index contributed by atoms with van der Waals surface area (Å²) in [5.74, 6) is -1.56. The van der Waals surface area contributed by atoms with E-state index in [0.29, 0.717) is 18.4 Å². The van der Waals surface area contributed by atoms with Gasteiger partial charge in [-0.1, -0.05) is 43.2 Å². The molecule has 3 aliphatic heterocycles. The van der Waals surface area contributed by atoms with Crippen molar-refractivity contribution >= 4 is 34.5 Å². The number of ether oxygens (including phenoxy) is 1. The number of aliphatic hydroxyl groups is 1. The van der Waals surface area contributed by atoms with Crippen molar-refractivity contribution in [2.24, 2.45) is 0 Å². The third-order valence-electron chi connectivity index (χ3n) is 7.51. The number of nitrogens with zero attached hydrogens (tertiary/aromatic N) is 1. The Hall–Kier alpha value is -3.46. The number of rotatable bonds is 4. The summed E-state index contributed by atoms with van der Waals surface area (Å²) in [6.07, 6.45) is 3.58. The second kappa shape index (κ2) is 10.3. The molecule has 0 bridgehead atoms. The SMILES string of the molecule is O=C1CC(NC(=O)[C@@H]2CCC[C@@H]3CCCC[C@H](NC(=O)c4ccc5ccccc5c4)C(=O)N32)C(O)O1. The van der Waals surface area contributed by atoms with Crippen LogP contribution < -0.4 is 10.6 Å². The lowest BCUT2D eigenvalue weighted by molar-refractivity contribution is -0.156. The summed E-state index contributed by atoms with van der Waals surface area (Å²) in [7, 11) is 0. The molecule has 9 heteroatoms. The van der Waals surface area contributed by atoms with Crippen molar-refractivity contribution in [2.75, 3.05) is 0 Å². The molecule has 36 heavy (non-hydrogen) atoms. The molecular formula is C27H31N3O6. The van der Waals surface area contributed by atoms with E-state index >= 15 is 0 Å². The molecule has 3 heterocycles. The largest absolute Gasteiger partial charge is 0.434 e. The van der Waals surface area contributed by atoms with Gasteiger partial charge in [-0.05, 0) is 55.0 Å². The van der Waals surface area contributed by atoms with Gasteiger partial charge >= 0.3 is 5.97 Å². The Balaban J connectivity index is 1.33. The Morgan fingerprint density at radius 2 is 1.67 bits per heavy atom. The zero-order valence-corrected chi connectivity index (χ0v) is 20.0. The molecule has 2 aromatic carbocycles. The van der Waals surface area contributed by atoms with Gasteiger partial charge in [0.15, 0.2) is 0 Å². The van der Waals surface area contributed by atoms with E-state index in [1.807, 2.05) is 36.4 Å². The van der Waals surface area contributed by atoms with Gasteiger partial charge in [0, 0.05) is 11.6 Å². The van der Waals surface area contributed by atoms with E-state index < -0.39 is 36.3 Å². The van der Waals surface area contributed by atoms with E-state index in [0.717, 1.165) is 42.9 Å². The molecule has 2 aromatic rings. The maximum atomic E-state index is 13.8. The highest BCUT2D eigenvalue weighted by Gasteiger charge is 2.43. The van der Waals surface area contributed by atoms with Gasteiger partial charge in [0.05, 0.1) is 6.42 Å². The number of benzene rings is 2. The first-order valence-electron chi connectivity index (χ1n) is 12.7. The number of carbonyl (C=O) groups is 4. The molecule has 190 valence electrons. The van der Waals surface area contributed by atoms with Crippen molar-refractivity contribution in [3.63, 3.8) is 0 Å². The minimum atomic E-state index is -1.39. The Morgan fingerprint density at radius 1 is 0.917 bits per heavy atom. The lowest BCUT2D eigenvalue weighted by Crippen LogP contribution is -2.62. The third kappa shape index (κ3) is 4.93. The molecule has 3 N–H and O–H groups in total. The van der Waals surface area contributed by atoms with Crippen molar-refractivity contribution in [3.8, 4) is 0 Å². The van der Waals surface area contributed by atoms with Crippen molar-refractivity contribution in [1.82, 2.24) is 15.5 Å². The van der Waals surface area contributed by atoms with E-state index in [1.165, 1.54) is 0 Å². The van der Waals surface area contributed by atoms with Crippen LogP contribution in [0.15, 0.2) is 42.5 Å². The Labute approximate surface area is 209 Å². The van der Waals surface area contributed by atoms with Gasteiger partial charge in [-0.3, -0.25) is 19.2 Å².